The Kier molecular flexibility index (Phi) is 8.76. The zero-order valence-electron chi connectivity index (χ0n) is 35.3. The van der Waals surface area contributed by atoms with Gasteiger partial charge in [-0.25, -0.2) is 0 Å². The van der Waals surface area contributed by atoms with E-state index in [1.54, 1.807) is 0 Å². The van der Waals surface area contributed by atoms with Gasteiger partial charge < -0.3 is 9.64 Å². The maximum absolute atomic E-state index is 7.03. The van der Waals surface area contributed by atoms with Crippen molar-refractivity contribution in [1.29, 1.82) is 0 Å². The normalized spacial score (nSPS) is 11.9. The molecule has 0 aromatic heterocycles. The lowest BCUT2D eigenvalue weighted by Crippen LogP contribution is -2.55. The minimum absolute atomic E-state index is 0.0683. The lowest BCUT2D eigenvalue weighted by molar-refractivity contribution is 0.487. The van der Waals surface area contributed by atoms with Crippen LogP contribution >= 0.6 is 0 Å². The predicted octanol–water partition coefficient (Wildman–Crippen LogP) is 13.4. The van der Waals surface area contributed by atoms with Gasteiger partial charge in [0.2, 0.25) is 6.71 Å². The maximum atomic E-state index is 7.03. The van der Waals surface area contributed by atoms with E-state index in [9.17, 15) is 0 Å². The summed E-state index contributed by atoms with van der Waals surface area (Å²) in [5.74, 6) is 1.76. The lowest BCUT2D eigenvalue weighted by Gasteiger charge is -2.31. The Morgan fingerprint density at radius 3 is 1.78 bits per heavy atom. The monoisotopic (exact) mass is 761 g/mol. The molecule has 0 radical (unpaired) electrons. The van der Waals surface area contributed by atoms with E-state index in [1.165, 1.54) is 104 Å². The fraction of sp³-hybridized carbons (Fsp3) is 0.143. The van der Waals surface area contributed by atoms with Crippen LogP contribution in [0.2, 0.25) is 0 Å². The Morgan fingerprint density at radius 1 is 0.407 bits per heavy atom. The van der Waals surface area contributed by atoms with Crippen LogP contribution in [0.3, 0.4) is 0 Å². The molecule has 1 aliphatic rings. The highest BCUT2D eigenvalue weighted by molar-refractivity contribution is 6.97. The van der Waals surface area contributed by atoms with Gasteiger partial charge in [-0.3, -0.25) is 0 Å². The Morgan fingerprint density at radius 2 is 1.02 bits per heavy atom. The van der Waals surface area contributed by atoms with Gasteiger partial charge in [-0.15, -0.1) is 0 Å². The van der Waals surface area contributed by atoms with Crippen molar-refractivity contribution >= 4 is 72.5 Å². The summed E-state index contributed by atoms with van der Waals surface area (Å²) in [6.45, 7) is 17.9. The van der Waals surface area contributed by atoms with E-state index in [0.717, 1.165) is 28.4 Å². The summed E-state index contributed by atoms with van der Waals surface area (Å²) in [5.41, 5.74) is 20.0. The zero-order chi connectivity index (χ0) is 40.7. The molecule has 2 nitrogen and oxygen atoms in total. The van der Waals surface area contributed by atoms with Crippen LogP contribution in [0.25, 0.3) is 43.4 Å². The highest BCUT2D eigenvalue weighted by Gasteiger charge is 2.31. The van der Waals surface area contributed by atoms with E-state index in [2.05, 4.69) is 206 Å². The molecule has 0 unspecified atom stereocenters. The molecule has 0 saturated carbocycles. The SMILES string of the molecule is Cc1ccc(B(c2c(C)cc(C)cc2C)c2ccc3c4c(cccc24)Oc2cc(N(c4ccc5c(ccc6ccccc65)c4)c4c(C)cc(C)cc4C)ccc2-3)c(C)c1. The Bertz CT molecular complexity index is 3150. The first-order chi connectivity index (χ1) is 28.5. The van der Waals surface area contributed by atoms with Crippen LogP contribution in [-0.4, -0.2) is 6.71 Å². The molecule has 0 saturated heterocycles. The van der Waals surface area contributed by atoms with Crippen molar-refractivity contribution < 1.29 is 4.74 Å². The Balaban J connectivity index is 1.14. The van der Waals surface area contributed by atoms with Crippen molar-refractivity contribution in [2.45, 2.75) is 55.4 Å². The number of benzene rings is 9. The first-order valence-electron chi connectivity index (χ1n) is 20.9. The largest absolute Gasteiger partial charge is 0.456 e. The maximum Gasteiger partial charge on any atom is 0.243 e. The minimum atomic E-state index is 0.0683. The van der Waals surface area contributed by atoms with Gasteiger partial charge in [-0.1, -0.05) is 159 Å². The predicted molar refractivity (Wildman–Crippen MR) is 255 cm³/mol. The quantitative estimate of drug-likeness (QED) is 0.124. The van der Waals surface area contributed by atoms with Crippen molar-refractivity contribution in [1.82, 2.24) is 0 Å². The van der Waals surface area contributed by atoms with Crippen LogP contribution in [0.5, 0.6) is 11.5 Å². The van der Waals surface area contributed by atoms with Crippen molar-refractivity contribution in [2.24, 2.45) is 0 Å². The first-order valence-corrected chi connectivity index (χ1v) is 20.9. The second-order valence-electron chi connectivity index (χ2n) is 17.0. The van der Waals surface area contributed by atoms with Crippen LogP contribution in [0.4, 0.5) is 17.1 Å². The van der Waals surface area contributed by atoms with Gasteiger partial charge in [0.05, 0.1) is 5.69 Å². The number of hydrogen-bond donors (Lipinski definition) is 0. The highest BCUT2D eigenvalue weighted by Crippen LogP contribution is 2.49. The Labute approximate surface area is 348 Å². The standard InChI is InChI=1S/C56H48BNO/c1-33-16-24-50(36(4)26-33)57(55-37(5)27-34(2)28-38(55)6)51-25-23-48-47-22-20-44(32-53(47)59-52-15-11-14-49(51)54(48)52)58(56-39(7)29-35(3)30-40(56)8)43-19-21-46-42(31-43)18-17-41-12-9-10-13-45(41)46/h9-32H,1-8H3. The molecule has 3 heteroatoms. The molecule has 0 fully saturated rings. The number of fused-ring (bicyclic) bond motifs is 5. The number of rotatable bonds is 6. The van der Waals surface area contributed by atoms with Gasteiger partial charge in [0.15, 0.2) is 0 Å². The van der Waals surface area contributed by atoms with Crippen LogP contribution in [0, 0.1) is 55.4 Å². The van der Waals surface area contributed by atoms with Gasteiger partial charge in [0.25, 0.3) is 0 Å². The molecule has 9 aromatic rings. The average molecular weight is 762 g/mol. The molecule has 286 valence electrons. The molecule has 1 heterocycles. The van der Waals surface area contributed by atoms with Crippen molar-refractivity contribution in [2.75, 3.05) is 4.90 Å². The molecular formula is C56H48BNO. The molecule has 0 N–H and O–H groups in total. The summed E-state index contributed by atoms with van der Waals surface area (Å²) in [6.07, 6.45) is 0. The van der Waals surface area contributed by atoms with Crippen molar-refractivity contribution in [3.8, 4) is 22.6 Å². The molecule has 9 aromatic carbocycles. The first kappa shape index (κ1) is 36.7. The fourth-order valence-electron chi connectivity index (χ4n) is 10.4. The third kappa shape index (κ3) is 6.11. The summed E-state index contributed by atoms with van der Waals surface area (Å²) in [5, 5.41) is 7.41. The van der Waals surface area contributed by atoms with Gasteiger partial charge in [0, 0.05) is 28.4 Å². The lowest BCUT2D eigenvalue weighted by atomic mass is 9.34. The van der Waals surface area contributed by atoms with E-state index >= 15 is 0 Å². The van der Waals surface area contributed by atoms with E-state index in [1.807, 2.05) is 0 Å². The third-order valence-corrected chi connectivity index (χ3v) is 12.7. The van der Waals surface area contributed by atoms with Crippen molar-refractivity contribution in [3.05, 3.63) is 190 Å². The topological polar surface area (TPSA) is 12.5 Å². The molecule has 0 spiro atoms. The number of aryl methyl sites for hydroxylation is 8. The number of anilines is 3. The van der Waals surface area contributed by atoms with Crippen molar-refractivity contribution in [3.63, 3.8) is 0 Å². The Hall–Kier alpha value is -6.58. The fourth-order valence-corrected chi connectivity index (χ4v) is 10.4. The van der Waals surface area contributed by atoms with Crippen LogP contribution in [0.1, 0.15) is 44.5 Å². The second-order valence-corrected chi connectivity index (χ2v) is 17.0. The molecular weight excluding hydrogens is 713 g/mol. The van der Waals surface area contributed by atoms with Crippen LogP contribution in [-0.2, 0) is 0 Å². The molecule has 0 atom stereocenters. The van der Waals surface area contributed by atoms with E-state index in [4.69, 9.17) is 4.74 Å². The zero-order valence-corrected chi connectivity index (χ0v) is 35.3. The summed E-state index contributed by atoms with van der Waals surface area (Å²) >= 11 is 0. The minimum Gasteiger partial charge on any atom is -0.456 e. The molecule has 1 aliphatic heterocycles. The smallest absolute Gasteiger partial charge is 0.243 e. The van der Waals surface area contributed by atoms with Gasteiger partial charge in [-0.2, -0.15) is 0 Å². The van der Waals surface area contributed by atoms with Crippen LogP contribution < -0.4 is 26.0 Å². The third-order valence-electron chi connectivity index (χ3n) is 12.7. The van der Waals surface area contributed by atoms with Gasteiger partial charge in [-0.05, 0) is 129 Å². The molecule has 0 bridgehead atoms. The van der Waals surface area contributed by atoms with E-state index in [0.29, 0.717) is 0 Å². The number of ether oxygens (including phenoxy) is 1. The molecule has 0 amide bonds. The van der Waals surface area contributed by atoms with E-state index in [-0.39, 0.29) is 6.71 Å². The summed E-state index contributed by atoms with van der Waals surface area (Å²) in [7, 11) is 0. The number of hydrogen-bond acceptors (Lipinski definition) is 2. The highest BCUT2D eigenvalue weighted by atomic mass is 16.5. The van der Waals surface area contributed by atoms with E-state index < -0.39 is 0 Å². The molecule has 0 aliphatic carbocycles. The summed E-state index contributed by atoms with van der Waals surface area (Å²) < 4.78 is 7.03. The van der Waals surface area contributed by atoms with Gasteiger partial charge >= 0.3 is 0 Å². The average Bonchev–Trinajstić information content (AvgIpc) is 3.20. The summed E-state index contributed by atoms with van der Waals surface area (Å²) in [6, 6.07) is 54.3. The van der Waals surface area contributed by atoms with Gasteiger partial charge in [0.1, 0.15) is 11.5 Å². The second kappa shape index (κ2) is 14.1. The van der Waals surface area contributed by atoms with Crippen LogP contribution in [0.15, 0.2) is 146 Å². The summed E-state index contributed by atoms with van der Waals surface area (Å²) in [4.78, 5) is 2.42. The number of nitrogens with zero attached hydrogens (tertiary/aromatic N) is 1. The molecule has 59 heavy (non-hydrogen) atoms. The molecule has 10 rings (SSSR count).